The number of nitrogens with one attached hydrogen (secondary N) is 1. The third kappa shape index (κ3) is 4.22. The van der Waals surface area contributed by atoms with Crippen LogP contribution in [0.15, 0.2) is 72.8 Å². The first-order valence-electron chi connectivity index (χ1n) is 7.20. The Morgan fingerprint density at radius 3 is 2.35 bits per heavy atom. The van der Waals surface area contributed by atoms with Crippen molar-refractivity contribution in [1.29, 1.82) is 0 Å². The van der Waals surface area contributed by atoms with Gasteiger partial charge in [-0.1, -0.05) is 36.4 Å². The maximum Gasteiger partial charge on any atom is 0.135 e. The molecule has 23 heavy (non-hydrogen) atoms. The lowest BCUT2D eigenvalue weighted by atomic mass is 10.2. The van der Waals surface area contributed by atoms with Gasteiger partial charge in [0.15, 0.2) is 0 Å². The van der Waals surface area contributed by atoms with Crippen molar-refractivity contribution in [1.82, 2.24) is 0 Å². The first-order chi connectivity index (χ1) is 11.2. The normalized spacial score (nSPS) is 10.3. The molecule has 0 aliphatic rings. The molecule has 0 amide bonds. The van der Waals surface area contributed by atoms with E-state index >= 15 is 0 Å². The molecule has 0 saturated carbocycles. The van der Waals surface area contributed by atoms with Crippen molar-refractivity contribution in [3.8, 4) is 5.75 Å². The molecule has 2 nitrogen and oxygen atoms in total. The van der Waals surface area contributed by atoms with Crippen LogP contribution in [0, 0.1) is 9.39 Å². The number of ether oxygens (including phenoxy) is 1. The van der Waals surface area contributed by atoms with Crippen LogP contribution in [-0.2, 0) is 6.61 Å². The number of hydrogen-bond donors (Lipinski definition) is 1. The highest BCUT2D eigenvalue weighted by molar-refractivity contribution is 14.1. The van der Waals surface area contributed by atoms with Gasteiger partial charge in [-0.05, 0) is 64.6 Å². The van der Waals surface area contributed by atoms with Gasteiger partial charge >= 0.3 is 0 Å². The first kappa shape index (κ1) is 15.8. The van der Waals surface area contributed by atoms with Gasteiger partial charge in [0.1, 0.15) is 18.2 Å². The highest BCUT2D eigenvalue weighted by atomic mass is 127. The van der Waals surface area contributed by atoms with Crippen LogP contribution in [0.1, 0.15) is 5.56 Å². The van der Waals surface area contributed by atoms with E-state index < -0.39 is 0 Å². The van der Waals surface area contributed by atoms with E-state index in [1.165, 1.54) is 12.1 Å². The van der Waals surface area contributed by atoms with Crippen LogP contribution in [0.25, 0.3) is 0 Å². The molecule has 0 fully saturated rings. The molecule has 0 radical (unpaired) electrons. The molecule has 3 aromatic rings. The molecule has 0 heterocycles. The summed E-state index contributed by atoms with van der Waals surface area (Å²) in [4.78, 5) is 0. The minimum atomic E-state index is -0.245. The van der Waals surface area contributed by atoms with E-state index in [-0.39, 0.29) is 5.82 Å². The second-order valence-electron chi connectivity index (χ2n) is 5.02. The zero-order valence-electron chi connectivity index (χ0n) is 12.3. The maximum absolute atomic E-state index is 13.0. The summed E-state index contributed by atoms with van der Waals surface area (Å²) < 4.78 is 19.9. The lowest BCUT2D eigenvalue weighted by Gasteiger charge is -2.13. The summed E-state index contributed by atoms with van der Waals surface area (Å²) in [6, 6.07) is 22.2. The fourth-order valence-corrected chi connectivity index (χ4v) is 2.79. The lowest BCUT2D eigenvalue weighted by Crippen LogP contribution is -1.99. The molecule has 4 heteroatoms. The fourth-order valence-electron chi connectivity index (χ4n) is 2.14. The van der Waals surface area contributed by atoms with E-state index in [0.29, 0.717) is 6.61 Å². The van der Waals surface area contributed by atoms with E-state index in [1.54, 1.807) is 12.1 Å². The van der Waals surface area contributed by atoms with Gasteiger partial charge in [0.05, 0.1) is 9.26 Å². The predicted octanol–water partition coefficient (Wildman–Crippen LogP) is 5.75. The van der Waals surface area contributed by atoms with Crippen molar-refractivity contribution in [3.05, 3.63) is 87.7 Å². The smallest absolute Gasteiger partial charge is 0.135 e. The summed E-state index contributed by atoms with van der Waals surface area (Å²) in [5.74, 6) is 0.576. The second-order valence-corrected chi connectivity index (χ2v) is 6.10. The molecule has 0 aromatic heterocycles. The average molecular weight is 419 g/mol. The van der Waals surface area contributed by atoms with Gasteiger partial charge in [-0.2, -0.15) is 0 Å². The van der Waals surface area contributed by atoms with Crippen molar-refractivity contribution in [3.63, 3.8) is 0 Å². The van der Waals surface area contributed by atoms with E-state index in [9.17, 15) is 4.39 Å². The fraction of sp³-hybridized carbons (Fsp3) is 0.0526. The molecular formula is C19H15FINO. The zero-order chi connectivity index (χ0) is 16.1. The predicted molar refractivity (Wildman–Crippen MR) is 99.6 cm³/mol. The Labute approximate surface area is 148 Å². The molecule has 0 aliphatic heterocycles. The van der Waals surface area contributed by atoms with Crippen molar-refractivity contribution in [2.45, 2.75) is 6.61 Å². The third-order valence-electron chi connectivity index (χ3n) is 3.32. The van der Waals surface area contributed by atoms with Crippen LogP contribution in [0.2, 0.25) is 0 Å². The van der Waals surface area contributed by atoms with Crippen molar-refractivity contribution < 1.29 is 9.13 Å². The van der Waals surface area contributed by atoms with Crippen LogP contribution >= 0.6 is 22.6 Å². The molecule has 0 atom stereocenters. The van der Waals surface area contributed by atoms with Gasteiger partial charge in [-0.3, -0.25) is 0 Å². The quantitative estimate of drug-likeness (QED) is 0.532. The highest BCUT2D eigenvalue weighted by Crippen LogP contribution is 2.31. The molecule has 0 unspecified atom stereocenters. The van der Waals surface area contributed by atoms with E-state index in [4.69, 9.17) is 4.74 Å². The topological polar surface area (TPSA) is 21.3 Å². The third-order valence-corrected chi connectivity index (χ3v) is 4.44. The van der Waals surface area contributed by atoms with Gasteiger partial charge in [-0.15, -0.1) is 0 Å². The summed E-state index contributed by atoms with van der Waals surface area (Å²) in [5.41, 5.74) is 2.90. The Bertz CT molecular complexity index is 775. The van der Waals surface area contributed by atoms with Gasteiger partial charge < -0.3 is 10.1 Å². The number of hydrogen-bond acceptors (Lipinski definition) is 2. The number of halogens is 2. The number of rotatable bonds is 5. The average Bonchev–Trinajstić information content (AvgIpc) is 2.58. The second kappa shape index (κ2) is 7.46. The van der Waals surface area contributed by atoms with Crippen molar-refractivity contribution >= 4 is 34.0 Å². The van der Waals surface area contributed by atoms with Crippen LogP contribution in [0.4, 0.5) is 15.8 Å². The number of anilines is 2. The van der Waals surface area contributed by atoms with Gasteiger partial charge in [0.25, 0.3) is 0 Å². The molecule has 116 valence electrons. The maximum atomic E-state index is 13.0. The summed E-state index contributed by atoms with van der Waals surface area (Å²) in [7, 11) is 0. The van der Waals surface area contributed by atoms with E-state index in [2.05, 4.69) is 27.9 Å². The van der Waals surface area contributed by atoms with Crippen molar-refractivity contribution in [2.24, 2.45) is 0 Å². The van der Waals surface area contributed by atoms with Crippen LogP contribution in [0.5, 0.6) is 5.75 Å². The Kier molecular flexibility index (Phi) is 5.12. The summed E-state index contributed by atoms with van der Waals surface area (Å²) >= 11 is 2.26. The monoisotopic (exact) mass is 419 g/mol. The molecule has 3 aromatic carbocycles. The van der Waals surface area contributed by atoms with Gasteiger partial charge in [0.2, 0.25) is 0 Å². The summed E-state index contributed by atoms with van der Waals surface area (Å²) in [5, 5.41) is 3.28. The Hall–Kier alpha value is -2.08. The molecule has 1 N–H and O–H groups in total. The van der Waals surface area contributed by atoms with Crippen LogP contribution in [0.3, 0.4) is 0 Å². The molecule has 0 spiro atoms. The largest absolute Gasteiger partial charge is 0.488 e. The van der Waals surface area contributed by atoms with Crippen LogP contribution in [-0.4, -0.2) is 0 Å². The summed E-state index contributed by atoms with van der Waals surface area (Å²) in [6.45, 7) is 0.525. The minimum Gasteiger partial charge on any atom is -0.488 e. The zero-order valence-corrected chi connectivity index (χ0v) is 14.5. The molecule has 3 rings (SSSR count). The molecule has 0 bridgehead atoms. The Morgan fingerprint density at radius 2 is 1.61 bits per heavy atom. The van der Waals surface area contributed by atoms with Gasteiger partial charge in [-0.25, -0.2) is 4.39 Å². The summed E-state index contributed by atoms with van der Waals surface area (Å²) in [6.07, 6.45) is 0. The van der Waals surface area contributed by atoms with E-state index in [0.717, 1.165) is 26.3 Å². The SMILES string of the molecule is Fc1ccc(Nc2cccc(OCc3ccccc3)c2I)cc1. The Morgan fingerprint density at radius 1 is 0.870 bits per heavy atom. The minimum absolute atomic E-state index is 0.245. The first-order valence-corrected chi connectivity index (χ1v) is 8.28. The molecule has 0 saturated heterocycles. The van der Waals surface area contributed by atoms with Crippen molar-refractivity contribution in [2.75, 3.05) is 5.32 Å². The lowest BCUT2D eigenvalue weighted by molar-refractivity contribution is 0.304. The highest BCUT2D eigenvalue weighted by Gasteiger charge is 2.07. The van der Waals surface area contributed by atoms with E-state index in [1.807, 2.05) is 48.5 Å². The number of benzene rings is 3. The standard InChI is InChI=1S/C19H15FINO/c20-15-9-11-16(12-10-15)22-17-7-4-8-18(19(17)21)23-13-14-5-2-1-3-6-14/h1-12,22H,13H2. The molecule has 0 aliphatic carbocycles. The van der Waals surface area contributed by atoms with Crippen LogP contribution < -0.4 is 10.1 Å². The molecular weight excluding hydrogens is 404 g/mol. The van der Waals surface area contributed by atoms with Gasteiger partial charge in [0, 0.05) is 5.69 Å². The Balaban J connectivity index is 1.74.